The Kier molecular flexibility index (Phi) is 10.8. The molecule has 0 heterocycles. The van der Waals surface area contributed by atoms with Crippen molar-refractivity contribution in [1.82, 2.24) is 10.6 Å². The second-order valence-electron chi connectivity index (χ2n) is 5.28. The third kappa shape index (κ3) is 8.05. The van der Waals surface area contributed by atoms with E-state index in [1.807, 2.05) is 0 Å². The minimum absolute atomic E-state index is 0.381. The SMILES string of the molecule is CC[C@@H](C)/C(=C/C#N)NCCCN/C(=C\C#N)[C@@H](C)CC. The summed E-state index contributed by atoms with van der Waals surface area (Å²) in [5.74, 6) is 0.763. The van der Waals surface area contributed by atoms with E-state index in [4.69, 9.17) is 10.5 Å². The lowest BCUT2D eigenvalue weighted by Crippen LogP contribution is -2.25. The molecular formula is C17H28N4. The molecule has 0 aromatic rings. The number of allylic oxidation sites excluding steroid dienone is 4. The maximum atomic E-state index is 8.79. The zero-order valence-electron chi connectivity index (χ0n) is 13.7. The van der Waals surface area contributed by atoms with Gasteiger partial charge in [0.05, 0.1) is 12.1 Å². The van der Waals surface area contributed by atoms with Crippen molar-refractivity contribution >= 4 is 0 Å². The molecule has 21 heavy (non-hydrogen) atoms. The van der Waals surface area contributed by atoms with Crippen LogP contribution < -0.4 is 10.6 Å². The molecule has 0 aliphatic carbocycles. The van der Waals surface area contributed by atoms with Crippen LogP contribution in [0.1, 0.15) is 47.0 Å². The van der Waals surface area contributed by atoms with Crippen molar-refractivity contribution in [2.24, 2.45) is 11.8 Å². The van der Waals surface area contributed by atoms with Crippen molar-refractivity contribution in [2.45, 2.75) is 47.0 Å². The smallest absolute Gasteiger partial charge is 0.0930 e. The lowest BCUT2D eigenvalue weighted by Gasteiger charge is -2.18. The summed E-state index contributed by atoms with van der Waals surface area (Å²) in [6.07, 6.45) is 6.17. The summed E-state index contributed by atoms with van der Waals surface area (Å²) in [5.41, 5.74) is 2.02. The monoisotopic (exact) mass is 288 g/mol. The summed E-state index contributed by atoms with van der Waals surface area (Å²) < 4.78 is 0. The van der Waals surface area contributed by atoms with Crippen LogP contribution in [0.15, 0.2) is 23.5 Å². The fourth-order valence-corrected chi connectivity index (χ4v) is 1.87. The van der Waals surface area contributed by atoms with Gasteiger partial charge in [0.1, 0.15) is 0 Å². The van der Waals surface area contributed by atoms with Gasteiger partial charge in [0, 0.05) is 36.6 Å². The van der Waals surface area contributed by atoms with Crippen LogP contribution >= 0.6 is 0 Å². The predicted octanol–water partition coefficient (Wildman–Crippen LogP) is 3.46. The van der Waals surface area contributed by atoms with Gasteiger partial charge in [-0.25, -0.2) is 0 Å². The Hall–Kier alpha value is -1.94. The summed E-state index contributed by atoms with van der Waals surface area (Å²) in [5, 5.41) is 24.2. The maximum Gasteiger partial charge on any atom is 0.0930 e. The Morgan fingerprint density at radius 3 is 1.57 bits per heavy atom. The number of nitrogens with one attached hydrogen (secondary N) is 2. The minimum Gasteiger partial charge on any atom is -0.387 e. The first-order chi connectivity index (χ1) is 10.1. The molecule has 0 aliphatic rings. The maximum absolute atomic E-state index is 8.79. The van der Waals surface area contributed by atoms with Crippen LogP contribution in [-0.4, -0.2) is 13.1 Å². The van der Waals surface area contributed by atoms with Crippen molar-refractivity contribution < 1.29 is 0 Å². The topological polar surface area (TPSA) is 71.6 Å². The van der Waals surface area contributed by atoms with Crippen LogP contribution in [0.2, 0.25) is 0 Å². The van der Waals surface area contributed by atoms with Crippen molar-refractivity contribution in [2.75, 3.05) is 13.1 Å². The van der Waals surface area contributed by atoms with Gasteiger partial charge in [0.25, 0.3) is 0 Å². The van der Waals surface area contributed by atoms with Crippen LogP contribution in [0.5, 0.6) is 0 Å². The molecule has 4 heteroatoms. The number of hydrogen-bond donors (Lipinski definition) is 2. The average Bonchev–Trinajstić information content (AvgIpc) is 2.50. The molecular weight excluding hydrogens is 260 g/mol. The molecule has 0 aromatic heterocycles. The largest absolute Gasteiger partial charge is 0.387 e. The van der Waals surface area contributed by atoms with Crippen LogP contribution in [-0.2, 0) is 0 Å². The quantitative estimate of drug-likeness (QED) is 0.477. The molecule has 2 atom stereocenters. The Balaban J connectivity index is 4.16. The summed E-state index contributed by atoms with van der Waals surface area (Å²) in [7, 11) is 0. The van der Waals surface area contributed by atoms with Gasteiger partial charge < -0.3 is 10.6 Å². The van der Waals surface area contributed by atoms with Crippen LogP contribution in [0.3, 0.4) is 0 Å². The third-order valence-corrected chi connectivity index (χ3v) is 3.74. The first-order valence-electron chi connectivity index (χ1n) is 7.77. The lowest BCUT2D eigenvalue weighted by molar-refractivity contribution is 0.552. The van der Waals surface area contributed by atoms with Crippen molar-refractivity contribution in [3.63, 3.8) is 0 Å². The van der Waals surface area contributed by atoms with E-state index >= 15 is 0 Å². The molecule has 2 N–H and O–H groups in total. The summed E-state index contributed by atoms with van der Waals surface area (Å²) in [4.78, 5) is 0. The van der Waals surface area contributed by atoms with Gasteiger partial charge >= 0.3 is 0 Å². The summed E-state index contributed by atoms with van der Waals surface area (Å²) in [6.45, 7) is 10.1. The van der Waals surface area contributed by atoms with Gasteiger partial charge in [0.2, 0.25) is 0 Å². The van der Waals surface area contributed by atoms with Gasteiger partial charge in [-0.1, -0.05) is 27.7 Å². The highest BCUT2D eigenvalue weighted by Gasteiger charge is 2.07. The molecule has 0 spiro atoms. The second-order valence-corrected chi connectivity index (χ2v) is 5.28. The molecule has 0 amide bonds. The van der Waals surface area contributed by atoms with Gasteiger partial charge in [-0.15, -0.1) is 0 Å². The molecule has 0 saturated carbocycles. The fraction of sp³-hybridized carbons (Fsp3) is 0.647. The van der Waals surface area contributed by atoms with E-state index in [0.717, 1.165) is 43.7 Å². The van der Waals surface area contributed by atoms with E-state index in [1.165, 1.54) is 0 Å². The third-order valence-electron chi connectivity index (χ3n) is 3.74. The van der Waals surface area contributed by atoms with Crippen molar-refractivity contribution in [1.29, 1.82) is 10.5 Å². The fourth-order valence-electron chi connectivity index (χ4n) is 1.87. The molecule has 4 nitrogen and oxygen atoms in total. The van der Waals surface area contributed by atoms with Crippen LogP contribution in [0.25, 0.3) is 0 Å². The number of rotatable bonds is 10. The first-order valence-corrected chi connectivity index (χ1v) is 7.77. The number of hydrogen-bond acceptors (Lipinski definition) is 4. The number of nitriles is 2. The molecule has 0 unspecified atom stereocenters. The highest BCUT2D eigenvalue weighted by Crippen LogP contribution is 2.12. The van der Waals surface area contributed by atoms with Gasteiger partial charge in [-0.3, -0.25) is 0 Å². The predicted molar refractivity (Wildman–Crippen MR) is 86.9 cm³/mol. The molecule has 0 fully saturated rings. The molecule has 0 aliphatic heterocycles. The summed E-state index contributed by atoms with van der Waals surface area (Å²) in [6, 6.07) is 4.19. The van der Waals surface area contributed by atoms with Gasteiger partial charge in [-0.05, 0) is 31.1 Å². The molecule has 0 rings (SSSR count). The van der Waals surface area contributed by atoms with E-state index in [2.05, 4.69) is 50.5 Å². The lowest BCUT2D eigenvalue weighted by atomic mass is 10.0. The Morgan fingerprint density at radius 1 is 0.905 bits per heavy atom. The molecule has 0 aromatic carbocycles. The summed E-state index contributed by atoms with van der Waals surface area (Å²) >= 11 is 0. The standard InChI is InChI=1S/C17H28N4/c1-5-14(3)16(8-10-18)20-12-7-13-21-17(9-11-19)15(4)6-2/h8-9,14-15,20-21H,5-7,12-13H2,1-4H3/b16-8-,17-9-/t14-,15+. The van der Waals surface area contributed by atoms with Crippen LogP contribution in [0, 0.1) is 34.5 Å². The molecule has 0 radical (unpaired) electrons. The molecule has 0 bridgehead atoms. The normalized spacial score (nSPS) is 14.8. The van der Waals surface area contributed by atoms with Crippen molar-refractivity contribution in [3.8, 4) is 12.1 Å². The second kappa shape index (κ2) is 11.9. The number of nitrogens with zero attached hydrogens (tertiary/aromatic N) is 2. The first kappa shape index (κ1) is 19.1. The van der Waals surface area contributed by atoms with Crippen LogP contribution in [0.4, 0.5) is 0 Å². The van der Waals surface area contributed by atoms with Crippen molar-refractivity contribution in [3.05, 3.63) is 23.5 Å². The minimum atomic E-state index is 0.381. The Bertz CT molecular complexity index is 383. The Morgan fingerprint density at radius 2 is 1.29 bits per heavy atom. The Labute approximate surface area is 129 Å². The highest BCUT2D eigenvalue weighted by atomic mass is 14.9. The van der Waals surface area contributed by atoms with Gasteiger partial charge in [0.15, 0.2) is 0 Å². The highest BCUT2D eigenvalue weighted by molar-refractivity contribution is 5.15. The van der Waals surface area contributed by atoms with E-state index < -0.39 is 0 Å². The average molecular weight is 288 g/mol. The zero-order valence-corrected chi connectivity index (χ0v) is 13.7. The van der Waals surface area contributed by atoms with E-state index in [0.29, 0.717) is 11.8 Å². The van der Waals surface area contributed by atoms with E-state index in [9.17, 15) is 0 Å². The van der Waals surface area contributed by atoms with Gasteiger partial charge in [-0.2, -0.15) is 10.5 Å². The molecule has 116 valence electrons. The van der Waals surface area contributed by atoms with E-state index in [1.54, 1.807) is 12.2 Å². The zero-order chi connectivity index (χ0) is 16.1. The van der Waals surface area contributed by atoms with E-state index in [-0.39, 0.29) is 0 Å². The molecule has 0 saturated heterocycles.